The average Bonchev–Trinajstić information content (AvgIpc) is 2.93. The minimum Gasteiger partial charge on any atom is -0.339 e. The monoisotopic (exact) mass is 367 g/mol. The third-order valence-electron chi connectivity index (χ3n) is 4.08. The maximum Gasteiger partial charge on any atom is 0.247 e. The van der Waals surface area contributed by atoms with Crippen LogP contribution in [-0.2, 0) is 18.4 Å². The molecule has 2 heterocycles. The van der Waals surface area contributed by atoms with Crippen molar-refractivity contribution in [3.8, 4) is 0 Å². The number of nitrogens with zero attached hydrogens (tertiary/aromatic N) is 5. The lowest BCUT2D eigenvalue weighted by atomic mass is 10.2. The van der Waals surface area contributed by atoms with E-state index >= 15 is 0 Å². The number of halogens is 1. The third kappa shape index (κ3) is 2.95. The number of carbonyl (C=O) groups is 1. The maximum atomic E-state index is 12.7. The second kappa shape index (κ2) is 6.24. The number of carbonyl (C=O) groups excluding carboxylic acids is 1. The fourth-order valence-electron chi connectivity index (χ4n) is 2.48. The summed E-state index contributed by atoms with van der Waals surface area (Å²) in [5.74, 6) is 0.0290. The standard InChI is InChI=1S/C15H22BrN5O/c1-9-14(16)11(3)21(18-9)12(4)15(22)19(5)8-13-7-17-20(6)10(13)2/h7,12H,8H2,1-6H3. The Bertz CT molecular complexity index is 703. The molecule has 0 aliphatic heterocycles. The zero-order valence-electron chi connectivity index (χ0n) is 13.9. The highest BCUT2D eigenvalue weighted by molar-refractivity contribution is 9.10. The number of aromatic nitrogens is 4. The lowest BCUT2D eigenvalue weighted by Gasteiger charge is -2.22. The van der Waals surface area contributed by atoms with Gasteiger partial charge in [-0.1, -0.05) is 0 Å². The quantitative estimate of drug-likeness (QED) is 0.833. The Hall–Kier alpha value is -1.63. The molecule has 2 rings (SSSR count). The topological polar surface area (TPSA) is 56.0 Å². The lowest BCUT2D eigenvalue weighted by molar-refractivity contribution is -0.133. The van der Waals surface area contributed by atoms with Crippen LogP contribution >= 0.6 is 15.9 Å². The van der Waals surface area contributed by atoms with Crippen LogP contribution in [0.1, 0.15) is 35.6 Å². The molecule has 2 aromatic rings. The van der Waals surface area contributed by atoms with E-state index in [2.05, 4.69) is 26.1 Å². The van der Waals surface area contributed by atoms with Crippen molar-refractivity contribution in [1.82, 2.24) is 24.5 Å². The Morgan fingerprint density at radius 2 is 2.00 bits per heavy atom. The van der Waals surface area contributed by atoms with Gasteiger partial charge in [-0.05, 0) is 43.6 Å². The molecule has 0 saturated carbocycles. The van der Waals surface area contributed by atoms with Crippen molar-refractivity contribution in [2.45, 2.75) is 40.3 Å². The molecule has 0 N–H and O–H groups in total. The number of hydrogen-bond donors (Lipinski definition) is 0. The first-order valence-corrected chi connectivity index (χ1v) is 7.97. The molecule has 1 amide bonds. The molecule has 0 radical (unpaired) electrons. The van der Waals surface area contributed by atoms with Gasteiger partial charge in [0.1, 0.15) is 6.04 Å². The van der Waals surface area contributed by atoms with Crippen molar-refractivity contribution in [2.75, 3.05) is 7.05 Å². The molecule has 0 spiro atoms. The molecule has 7 heteroatoms. The lowest BCUT2D eigenvalue weighted by Crippen LogP contribution is -2.33. The normalized spacial score (nSPS) is 12.5. The molecule has 0 aliphatic rings. The number of rotatable bonds is 4. The molecule has 120 valence electrons. The van der Waals surface area contributed by atoms with Gasteiger partial charge in [0, 0.05) is 31.9 Å². The number of amides is 1. The van der Waals surface area contributed by atoms with Crippen molar-refractivity contribution >= 4 is 21.8 Å². The molecule has 0 fully saturated rings. The highest BCUT2D eigenvalue weighted by atomic mass is 79.9. The summed E-state index contributed by atoms with van der Waals surface area (Å²) >= 11 is 3.50. The van der Waals surface area contributed by atoms with Crippen LogP contribution in [0.15, 0.2) is 10.7 Å². The van der Waals surface area contributed by atoms with Crippen LogP contribution in [0.5, 0.6) is 0 Å². The van der Waals surface area contributed by atoms with Crippen molar-refractivity contribution < 1.29 is 4.79 Å². The smallest absolute Gasteiger partial charge is 0.247 e. The van der Waals surface area contributed by atoms with E-state index in [0.717, 1.165) is 27.1 Å². The Labute approximate surface area is 139 Å². The van der Waals surface area contributed by atoms with Crippen LogP contribution in [-0.4, -0.2) is 37.4 Å². The molecular weight excluding hydrogens is 346 g/mol. The molecular formula is C15H22BrN5O. The van der Waals surface area contributed by atoms with Crippen LogP contribution in [0.3, 0.4) is 0 Å². The van der Waals surface area contributed by atoms with Crippen LogP contribution < -0.4 is 0 Å². The van der Waals surface area contributed by atoms with E-state index in [0.29, 0.717) is 6.54 Å². The van der Waals surface area contributed by atoms with Crippen LogP contribution in [0.25, 0.3) is 0 Å². The van der Waals surface area contributed by atoms with Gasteiger partial charge in [-0.15, -0.1) is 0 Å². The predicted molar refractivity (Wildman–Crippen MR) is 88.5 cm³/mol. The number of hydrogen-bond acceptors (Lipinski definition) is 3. The van der Waals surface area contributed by atoms with Gasteiger partial charge in [-0.3, -0.25) is 14.2 Å². The molecule has 2 aromatic heterocycles. The summed E-state index contributed by atoms with van der Waals surface area (Å²) in [5.41, 5.74) is 3.98. The summed E-state index contributed by atoms with van der Waals surface area (Å²) in [6, 6.07) is -0.341. The summed E-state index contributed by atoms with van der Waals surface area (Å²) in [6.45, 7) is 8.30. The van der Waals surface area contributed by atoms with Gasteiger partial charge in [0.2, 0.25) is 5.91 Å². The fraction of sp³-hybridized carbons (Fsp3) is 0.533. The molecule has 22 heavy (non-hydrogen) atoms. The van der Waals surface area contributed by atoms with Gasteiger partial charge in [0.05, 0.1) is 22.1 Å². The van der Waals surface area contributed by atoms with Crippen LogP contribution in [0.4, 0.5) is 0 Å². The second-order valence-electron chi connectivity index (χ2n) is 5.68. The second-order valence-corrected chi connectivity index (χ2v) is 6.47. The van der Waals surface area contributed by atoms with Crippen molar-refractivity contribution in [1.29, 1.82) is 0 Å². The highest BCUT2D eigenvalue weighted by Gasteiger charge is 2.23. The van der Waals surface area contributed by atoms with E-state index in [-0.39, 0.29) is 11.9 Å². The summed E-state index contributed by atoms with van der Waals surface area (Å²) in [7, 11) is 3.71. The summed E-state index contributed by atoms with van der Waals surface area (Å²) in [5, 5.41) is 8.66. The van der Waals surface area contributed by atoms with Gasteiger partial charge in [0.15, 0.2) is 0 Å². The third-order valence-corrected chi connectivity index (χ3v) is 5.23. The average molecular weight is 368 g/mol. The van der Waals surface area contributed by atoms with Crippen LogP contribution in [0, 0.1) is 20.8 Å². The number of likely N-dealkylation sites (N-methyl/N-ethyl adjacent to an activating group) is 1. The van der Waals surface area contributed by atoms with Gasteiger partial charge in [0.25, 0.3) is 0 Å². The summed E-state index contributed by atoms with van der Waals surface area (Å²) in [6.07, 6.45) is 1.81. The molecule has 0 aliphatic carbocycles. The molecule has 0 saturated heterocycles. The highest BCUT2D eigenvalue weighted by Crippen LogP contribution is 2.23. The van der Waals surface area contributed by atoms with E-state index in [1.165, 1.54) is 0 Å². The van der Waals surface area contributed by atoms with Crippen LogP contribution in [0.2, 0.25) is 0 Å². The predicted octanol–water partition coefficient (Wildman–Crippen LogP) is 2.52. The van der Waals surface area contributed by atoms with Gasteiger partial charge in [-0.25, -0.2) is 0 Å². The van der Waals surface area contributed by atoms with Gasteiger partial charge in [-0.2, -0.15) is 10.2 Å². The molecule has 6 nitrogen and oxygen atoms in total. The summed E-state index contributed by atoms with van der Waals surface area (Å²) in [4.78, 5) is 14.4. The largest absolute Gasteiger partial charge is 0.339 e. The molecule has 1 unspecified atom stereocenters. The maximum absolute atomic E-state index is 12.7. The van der Waals surface area contributed by atoms with E-state index in [1.54, 1.807) is 9.58 Å². The molecule has 1 atom stereocenters. The minimum absolute atomic E-state index is 0.0290. The fourth-order valence-corrected chi connectivity index (χ4v) is 2.74. The van der Waals surface area contributed by atoms with E-state index in [1.807, 2.05) is 52.7 Å². The minimum atomic E-state index is -0.341. The van der Waals surface area contributed by atoms with Crippen molar-refractivity contribution in [3.63, 3.8) is 0 Å². The SMILES string of the molecule is Cc1nn(C(C)C(=O)N(C)Cc2cnn(C)c2C)c(C)c1Br. The Balaban J connectivity index is 2.16. The first-order chi connectivity index (χ1) is 10.2. The first kappa shape index (κ1) is 16.7. The van der Waals surface area contributed by atoms with E-state index < -0.39 is 0 Å². The van der Waals surface area contributed by atoms with E-state index in [9.17, 15) is 4.79 Å². The Morgan fingerprint density at radius 3 is 2.45 bits per heavy atom. The zero-order valence-corrected chi connectivity index (χ0v) is 15.5. The van der Waals surface area contributed by atoms with Crippen molar-refractivity contribution in [2.24, 2.45) is 7.05 Å². The molecule has 0 bridgehead atoms. The molecule has 0 aromatic carbocycles. The van der Waals surface area contributed by atoms with Gasteiger partial charge < -0.3 is 4.90 Å². The Kier molecular flexibility index (Phi) is 4.75. The Morgan fingerprint density at radius 1 is 1.36 bits per heavy atom. The number of aryl methyl sites for hydroxylation is 2. The van der Waals surface area contributed by atoms with Gasteiger partial charge >= 0.3 is 0 Å². The van der Waals surface area contributed by atoms with E-state index in [4.69, 9.17) is 0 Å². The first-order valence-electron chi connectivity index (χ1n) is 7.17. The summed E-state index contributed by atoms with van der Waals surface area (Å²) < 4.78 is 4.54. The van der Waals surface area contributed by atoms with Crippen molar-refractivity contribution in [3.05, 3.63) is 33.3 Å². The zero-order chi connectivity index (χ0) is 16.6.